The third kappa shape index (κ3) is 8.92. The number of carboxylic acids is 1. The minimum Gasteiger partial charge on any atom is -0.483 e. The Morgan fingerprint density at radius 1 is 1.23 bits per heavy atom. The van der Waals surface area contributed by atoms with Gasteiger partial charge in [-0.1, -0.05) is 12.1 Å². The van der Waals surface area contributed by atoms with Crippen molar-refractivity contribution in [2.45, 2.75) is 46.3 Å². The van der Waals surface area contributed by atoms with Crippen molar-refractivity contribution in [1.29, 1.82) is 0 Å². The monoisotopic (exact) mass is 735 g/mol. The van der Waals surface area contributed by atoms with E-state index in [1.165, 1.54) is 29.3 Å². The van der Waals surface area contributed by atoms with Gasteiger partial charge in [-0.3, -0.25) is 7.05 Å². The van der Waals surface area contributed by atoms with Gasteiger partial charge in [0, 0.05) is 13.1 Å². The van der Waals surface area contributed by atoms with Crippen molar-refractivity contribution in [3.63, 3.8) is 0 Å². The number of halogens is 1. The molecule has 0 aliphatic heterocycles. The number of aromatic nitrogens is 1. The molecule has 1 atom stereocenters. The van der Waals surface area contributed by atoms with Crippen molar-refractivity contribution in [2.24, 2.45) is 0 Å². The van der Waals surface area contributed by atoms with Gasteiger partial charge in [-0.15, -0.1) is 0 Å². The second kappa shape index (κ2) is 12.3. The number of carbonyl (C=O) groups is 2. The number of aromatic carboxylic acids is 1. The van der Waals surface area contributed by atoms with E-state index in [1.54, 1.807) is 58.2 Å². The first-order chi connectivity index (χ1) is 15.9. The fraction of sp³-hybridized carbons (Fsp3) is 0.400. The third-order valence-corrected chi connectivity index (χ3v) is 4.82. The maximum absolute atomic E-state index is 14.3. The van der Waals surface area contributed by atoms with E-state index in [-0.39, 0.29) is 18.1 Å². The average Bonchev–Trinajstić information content (AvgIpc) is 2.74. The van der Waals surface area contributed by atoms with Crippen LogP contribution in [0.5, 0.6) is 5.75 Å². The molecule has 1 heterocycles. The Labute approximate surface area is 200 Å². The van der Waals surface area contributed by atoms with Crippen molar-refractivity contribution >= 4 is 12.1 Å². The summed E-state index contributed by atoms with van der Waals surface area (Å²) in [4.78, 5) is 30.4. The minimum absolute atomic E-state index is 0. The number of nitrogens with zero attached hydrogens (tertiary/aromatic N) is 3. The van der Waals surface area contributed by atoms with Gasteiger partial charge in [0.05, 0.1) is 6.20 Å². The minimum atomic E-state index is -1.14. The van der Waals surface area contributed by atoms with Gasteiger partial charge in [0.1, 0.15) is 29.0 Å². The van der Waals surface area contributed by atoms with Gasteiger partial charge in [-0.05, 0) is 63.6 Å². The van der Waals surface area contributed by atoms with E-state index in [4.69, 9.17) is 14.6 Å². The van der Waals surface area contributed by atoms with Crippen molar-refractivity contribution < 1.29 is 28.6 Å². The number of benzene rings is 1. The van der Waals surface area contributed by atoms with Gasteiger partial charge in [0.15, 0.2) is 0 Å². The number of carbonyl (C=O) groups excluding carboxylic acids is 1. The molecule has 201 valence electrons. The summed E-state index contributed by atoms with van der Waals surface area (Å²) in [6.45, 7) is 11.4. The van der Waals surface area contributed by atoms with Crippen LogP contribution >= 0.6 is 0 Å². The number of aryl methyl sites for hydroxylation is 1. The van der Waals surface area contributed by atoms with E-state index in [1.807, 2.05) is 0 Å². The Morgan fingerprint density at radius 3 is 2.43 bits per heavy atom. The molecule has 0 fully saturated rings. The summed E-state index contributed by atoms with van der Waals surface area (Å²) in [6, 6.07) is 7.67. The fourth-order valence-electron chi connectivity index (χ4n) is 2.98. The Bertz CT molecular complexity index is 982. The molecule has 0 bridgehead atoms. The molecule has 0 saturated carbocycles. The number of ether oxygens (including phenoxy) is 2. The second-order valence-electron chi connectivity index (χ2n) is 8.81. The fourth-order valence-corrected chi connectivity index (χ4v) is 2.98. The van der Waals surface area contributed by atoms with Crippen molar-refractivity contribution in [1.82, 2.24) is 14.8 Å². The van der Waals surface area contributed by atoms with E-state index < -0.39 is 23.8 Å². The van der Waals surface area contributed by atoms with Gasteiger partial charge < -0.3 is 24.4 Å². The predicted molar refractivity (Wildman–Crippen MR) is 126 cm³/mol. The van der Waals surface area contributed by atoms with Crippen LogP contribution in [0.2, 0.25) is 0 Å². The third-order valence-electron chi connectivity index (χ3n) is 4.82. The first kappa shape index (κ1) is 28.8. The van der Waals surface area contributed by atoms with Crippen LogP contribution in [0.25, 0.3) is 0 Å². The standard InChI is InChI=1S/C25H32FN3O5.Lr/c1-7-29(24(32)34-25(3,4)5)13-12-28(6)16-22(18-9-8-17(2)20(26)14-18)33-19-10-11-21(23(30)31)27-15-19;/h7-11,14-15,22H,6,12-13,16H2,1-5H3,(H,30,31);/q-2;. The van der Waals surface area contributed by atoms with E-state index in [2.05, 4.69) is 12.0 Å². The molecular formula is C25H32FLrN3O5-2. The van der Waals surface area contributed by atoms with Crippen LogP contribution in [-0.4, -0.2) is 57.2 Å². The first-order valence-electron chi connectivity index (χ1n) is 10.9. The second-order valence-corrected chi connectivity index (χ2v) is 8.81. The SMILES string of the molecule is [CH2-]N(CCN([CH-]C)C(=O)OC(C)(C)C)CC(Oc1ccc(C(=O)O)nc1)c1ccc(C)c(F)c1.[Lr]. The van der Waals surface area contributed by atoms with Crippen LogP contribution in [0.3, 0.4) is 0 Å². The van der Waals surface area contributed by atoms with Gasteiger partial charge in [0.2, 0.25) is 0 Å². The van der Waals surface area contributed by atoms with Crippen LogP contribution in [0.4, 0.5) is 9.18 Å². The molecule has 0 aliphatic carbocycles. The number of amides is 1. The maximum atomic E-state index is 14.3. The normalized spacial score (nSPS) is 12.0. The summed E-state index contributed by atoms with van der Waals surface area (Å²) < 4.78 is 25.7. The van der Waals surface area contributed by atoms with Crippen molar-refractivity contribution in [3.8, 4) is 5.75 Å². The molecule has 8 nitrogen and oxygen atoms in total. The van der Waals surface area contributed by atoms with Gasteiger partial charge in [-0.25, -0.2) is 25.5 Å². The van der Waals surface area contributed by atoms with E-state index in [0.29, 0.717) is 30.0 Å². The molecule has 0 saturated heterocycles. The van der Waals surface area contributed by atoms with Crippen LogP contribution in [-0.2, 0) is 4.74 Å². The predicted octanol–water partition coefficient (Wildman–Crippen LogP) is 4.86. The first-order valence-corrected chi connectivity index (χ1v) is 10.9. The molecule has 1 radical (unpaired) electrons. The number of carboxylic acid groups (broad SMARTS) is 1. The molecule has 10 heteroatoms. The topological polar surface area (TPSA) is 92.2 Å². The summed E-state index contributed by atoms with van der Waals surface area (Å²) >= 11 is 0. The van der Waals surface area contributed by atoms with Crippen molar-refractivity contribution in [2.75, 3.05) is 19.6 Å². The number of pyridine rings is 1. The summed E-state index contributed by atoms with van der Waals surface area (Å²) in [5.41, 5.74) is 0.376. The number of hydrogen-bond donors (Lipinski definition) is 1. The Morgan fingerprint density at radius 2 is 1.91 bits per heavy atom. The molecule has 1 aromatic heterocycles. The van der Waals surface area contributed by atoms with Crippen LogP contribution in [0, 0.1) is 26.3 Å². The average molecular weight is 736 g/mol. The van der Waals surface area contributed by atoms with Gasteiger partial charge in [-0.2, -0.15) is 6.92 Å². The number of hydrogen-bond acceptors (Lipinski definition) is 6. The van der Waals surface area contributed by atoms with Crippen molar-refractivity contribution in [3.05, 3.63) is 72.8 Å². The molecular weight excluding hydrogens is 703 g/mol. The molecule has 1 unspecified atom stereocenters. The Hall–Kier alpha value is -4.20. The Balaban J connectivity index is 0.00000612. The van der Waals surface area contributed by atoms with Crippen LogP contribution in [0.15, 0.2) is 36.5 Å². The molecule has 1 amide bonds. The molecule has 2 aromatic rings. The summed E-state index contributed by atoms with van der Waals surface area (Å²) in [5.74, 6) is -1.17. The molecule has 1 N–H and O–H groups in total. The zero-order valence-electron chi connectivity index (χ0n) is 20.5. The largest absolute Gasteiger partial charge is 0.483 e. The smallest absolute Gasteiger partial charge is 0.380 e. The van der Waals surface area contributed by atoms with Crippen LogP contribution < -0.4 is 4.74 Å². The zero-order valence-corrected chi connectivity index (χ0v) is 22.7. The summed E-state index contributed by atoms with van der Waals surface area (Å²) in [7, 11) is 4.04. The number of rotatable bonds is 10. The Kier molecular flexibility index (Phi) is 10.1. The van der Waals surface area contributed by atoms with E-state index >= 15 is 0 Å². The van der Waals surface area contributed by atoms with E-state index in [0.717, 1.165) is 0 Å². The molecule has 2 rings (SSSR count). The molecule has 0 spiro atoms. The zero-order chi connectivity index (χ0) is 25.5. The maximum Gasteiger partial charge on any atom is 0.380 e. The van der Waals surface area contributed by atoms with Gasteiger partial charge in [0.25, 0.3) is 0 Å². The molecule has 0 aliphatic rings. The van der Waals surface area contributed by atoms with Gasteiger partial charge >= 0.3 is 12.1 Å². The summed E-state index contributed by atoms with van der Waals surface area (Å²) in [5, 5.41) is 9.04. The molecule has 35 heavy (non-hydrogen) atoms. The van der Waals surface area contributed by atoms with Crippen LogP contribution in [0.1, 0.15) is 55.4 Å². The summed E-state index contributed by atoms with van der Waals surface area (Å²) in [6.07, 6.45) is 0.233. The quantitative estimate of drug-likeness (QED) is 0.349. The van der Waals surface area contributed by atoms with E-state index in [9.17, 15) is 14.0 Å². The molecule has 1 aromatic carbocycles.